The molecule has 1 fully saturated rings. The van der Waals surface area contributed by atoms with Crippen LogP contribution < -0.4 is 11.1 Å². The molecular formula is C20H24N6O. The monoisotopic (exact) mass is 364 g/mol. The van der Waals surface area contributed by atoms with Gasteiger partial charge in [-0.2, -0.15) is 5.10 Å². The van der Waals surface area contributed by atoms with Crippen LogP contribution in [0.15, 0.2) is 30.3 Å². The van der Waals surface area contributed by atoms with Crippen LogP contribution >= 0.6 is 0 Å². The van der Waals surface area contributed by atoms with Crippen LogP contribution in [0.25, 0.3) is 22.6 Å². The number of nitrogens with zero attached hydrogens (tertiary/aromatic N) is 3. The van der Waals surface area contributed by atoms with Gasteiger partial charge in [-0.3, -0.25) is 5.10 Å². The lowest BCUT2D eigenvalue weighted by Crippen LogP contribution is -2.28. The highest BCUT2D eigenvalue weighted by atomic mass is 16.5. The van der Waals surface area contributed by atoms with Gasteiger partial charge in [-0.1, -0.05) is 23.8 Å². The maximum atomic E-state index is 6.37. The maximum absolute atomic E-state index is 6.37. The van der Waals surface area contributed by atoms with Crippen LogP contribution in [-0.4, -0.2) is 39.4 Å². The van der Waals surface area contributed by atoms with Gasteiger partial charge in [-0.25, -0.2) is 9.97 Å². The predicted octanol–water partition coefficient (Wildman–Crippen LogP) is 3.32. The first-order valence-electron chi connectivity index (χ1n) is 9.21. The van der Waals surface area contributed by atoms with E-state index in [0.717, 1.165) is 60.0 Å². The summed E-state index contributed by atoms with van der Waals surface area (Å²) in [4.78, 5) is 9.40. The fourth-order valence-electron chi connectivity index (χ4n) is 3.33. The number of ether oxygens (including phenoxy) is 1. The number of rotatable bonds is 4. The van der Waals surface area contributed by atoms with Gasteiger partial charge in [0.15, 0.2) is 5.82 Å². The zero-order valence-electron chi connectivity index (χ0n) is 15.6. The molecule has 0 radical (unpaired) electrons. The Balaban J connectivity index is 1.80. The molecule has 1 saturated heterocycles. The van der Waals surface area contributed by atoms with E-state index in [1.54, 1.807) is 0 Å². The molecule has 0 amide bonds. The number of benzene rings is 1. The first-order chi connectivity index (χ1) is 13.1. The molecule has 1 aromatic carbocycles. The summed E-state index contributed by atoms with van der Waals surface area (Å²) in [6.45, 7) is 5.51. The Hall–Kier alpha value is -2.93. The molecule has 27 heavy (non-hydrogen) atoms. The van der Waals surface area contributed by atoms with Crippen molar-refractivity contribution < 1.29 is 4.74 Å². The third-order valence-corrected chi connectivity index (χ3v) is 4.74. The number of nitrogens with one attached hydrogen (secondary N) is 2. The molecule has 4 N–H and O–H groups in total. The molecule has 0 unspecified atom stereocenters. The van der Waals surface area contributed by atoms with Gasteiger partial charge in [0, 0.05) is 30.5 Å². The SMILES string of the molecule is Cc1cccc(-c2nc(N)c(-c3cc(C)[nH]n3)c(NC3CCOCC3)n2)c1. The molecule has 0 atom stereocenters. The molecule has 140 valence electrons. The van der Waals surface area contributed by atoms with Gasteiger partial charge in [-0.15, -0.1) is 0 Å². The summed E-state index contributed by atoms with van der Waals surface area (Å²) < 4.78 is 5.47. The average Bonchev–Trinajstić information content (AvgIpc) is 3.08. The minimum atomic E-state index is 0.289. The Labute approximate surface area is 158 Å². The molecule has 0 spiro atoms. The quantitative estimate of drug-likeness (QED) is 0.656. The van der Waals surface area contributed by atoms with E-state index in [0.29, 0.717) is 11.6 Å². The van der Waals surface area contributed by atoms with Gasteiger partial charge >= 0.3 is 0 Å². The second kappa shape index (κ2) is 7.36. The largest absolute Gasteiger partial charge is 0.383 e. The van der Waals surface area contributed by atoms with Crippen molar-refractivity contribution in [1.29, 1.82) is 0 Å². The summed E-state index contributed by atoms with van der Waals surface area (Å²) in [6, 6.07) is 10.4. The third-order valence-electron chi connectivity index (χ3n) is 4.74. The predicted molar refractivity (Wildman–Crippen MR) is 106 cm³/mol. The van der Waals surface area contributed by atoms with Crippen molar-refractivity contribution in [2.45, 2.75) is 32.7 Å². The van der Waals surface area contributed by atoms with E-state index in [1.165, 1.54) is 0 Å². The normalized spacial score (nSPS) is 15.0. The Bertz CT molecular complexity index is 945. The van der Waals surface area contributed by atoms with Crippen LogP contribution in [0.4, 0.5) is 11.6 Å². The molecule has 1 aliphatic rings. The molecule has 3 heterocycles. The number of nitrogens with two attached hydrogens (primary N) is 1. The fourth-order valence-corrected chi connectivity index (χ4v) is 3.33. The zero-order valence-corrected chi connectivity index (χ0v) is 15.6. The van der Waals surface area contributed by atoms with E-state index >= 15 is 0 Å². The molecule has 2 aromatic heterocycles. The standard InChI is InChI=1S/C20H24N6O/c1-12-4-3-5-14(10-12)19-23-18(21)17(16-11-13(2)25-26-16)20(24-19)22-15-6-8-27-9-7-15/h3-5,10-11,15H,6-9H2,1-2H3,(H,25,26)(H3,21,22,23,24). The van der Waals surface area contributed by atoms with Crippen molar-refractivity contribution in [2.75, 3.05) is 24.3 Å². The van der Waals surface area contributed by atoms with Crippen LogP contribution in [0.3, 0.4) is 0 Å². The van der Waals surface area contributed by atoms with E-state index in [1.807, 2.05) is 25.1 Å². The summed E-state index contributed by atoms with van der Waals surface area (Å²) in [5.41, 5.74) is 10.9. The summed E-state index contributed by atoms with van der Waals surface area (Å²) >= 11 is 0. The smallest absolute Gasteiger partial charge is 0.163 e. The van der Waals surface area contributed by atoms with Crippen molar-refractivity contribution >= 4 is 11.6 Å². The number of hydrogen-bond acceptors (Lipinski definition) is 6. The Morgan fingerprint density at radius 2 is 1.96 bits per heavy atom. The summed E-state index contributed by atoms with van der Waals surface area (Å²) in [5, 5.41) is 10.9. The summed E-state index contributed by atoms with van der Waals surface area (Å²) in [6.07, 6.45) is 1.87. The summed E-state index contributed by atoms with van der Waals surface area (Å²) in [7, 11) is 0. The average molecular weight is 364 g/mol. The number of anilines is 2. The molecule has 0 bridgehead atoms. The maximum Gasteiger partial charge on any atom is 0.163 e. The first-order valence-corrected chi connectivity index (χ1v) is 9.21. The van der Waals surface area contributed by atoms with Crippen LogP contribution in [0, 0.1) is 13.8 Å². The Morgan fingerprint density at radius 3 is 2.67 bits per heavy atom. The van der Waals surface area contributed by atoms with Gasteiger partial charge in [0.05, 0.1) is 11.3 Å². The summed E-state index contributed by atoms with van der Waals surface area (Å²) in [5.74, 6) is 1.75. The van der Waals surface area contributed by atoms with Crippen molar-refractivity contribution in [3.05, 3.63) is 41.6 Å². The molecule has 0 saturated carbocycles. The molecular weight excluding hydrogens is 340 g/mol. The van der Waals surface area contributed by atoms with E-state index in [-0.39, 0.29) is 6.04 Å². The molecule has 7 heteroatoms. The molecule has 7 nitrogen and oxygen atoms in total. The number of aromatic amines is 1. The van der Waals surface area contributed by atoms with Crippen molar-refractivity contribution in [1.82, 2.24) is 20.2 Å². The van der Waals surface area contributed by atoms with E-state index in [9.17, 15) is 0 Å². The molecule has 1 aliphatic heterocycles. The topological polar surface area (TPSA) is 102 Å². The van der Waals surface area contributed by atoms with Gasteiger partial charge in [-0.05, 0) is 38.8 Å². The van der Waals surface area contributed by atoms with Crippen LogP contribution in [0.2, 0.25) is 0 Å². The Morgan fingerprint density at radius 1 is 1.15 bits per heavy atom. The van der Waals surface area contributed by atoms with Crippen molar-refractivity contribution in [2.24, 2.45) is 0 Å². The van der Waals surface area contributed by atoms with Gasteiger partial charge in [0.2, 0.25) is 0 Å². The van der Waals surface area contributed by atoms with E-state index < -0.39 is 0 Å². The highest BCUT2D eigenvalue weighted by molar-refractivity contribution is 5.83. The minimum Gasteiger partial charge on any atom is -0.383 e. The molecule has 3 aromatic rings. The minimum absolute atomic E-state index is 0.289. The van der Waals surface area contributed by atoms with E-state index in [4.69, 9.17) is 15.5 Å². The van der Waals surface area contributed by atoms with Gasteiger partial charge < -0.3 is 15.8 Å². The number of aromatic nitrogens is 4. The first kappa shape index (κ1) is 17.5. The van der Waals surface area contributed by atoms with Crippen molar-refractivity contribution in [3.63, 3.8) is 0 Å². The van der Waals surface area contributed by atoms with E-state index in [2.05, 4.69) is 39.6 Å². The Kier molecular flexibility index (Phi) is 4.77. The van der Waals surface area contributed by atoms with Gasteiger partial charge in [0.1, 0.15) is 11.6 Å². The van der Waals surface area contributed by atoms with Gasteiger partial charge in [0.25, 0.3) is 0 Å². The zero-order chi connectivity index (χ0) is 18.8. The lowest BCUT2D eigenvalue weighted by Gasteiger charge is -2.25. The highest BCUT2D eigenvalue weighted by Crippen LogP contribution is 2.33. The number of H-pyrrole nitrogens is 1. The lowest BCUT2D eigenvalue weighted by atomic mass is 10.1. The van der Waals surface area contributed by atoms with Crippen LogP contribution in [-0.2, 0) is 4.74 Å². The number of hydrogen-bond donors (Lipinski definition) is 3. The second-order valence-corrected chi connectivity index (χ2v) is 6.99. The fraction of sp³-hybridized carbons (Fsp3) is 0.350. The number of aryl methyl sites for hydroxylation is 2. The van der Waals surface area contributed by atoms with Crippen LogP contribution in [0.1, 0.15) is 24.1 Å². The third kappa shape index (κ3) is 3.78. The van der Waals surface area contributed by atoms with Crippen molar-refractivity contribution in [3.8, 4) is 22.6 Å². The second-order valence-electron chi connectivity index (χ2n) is 6.99. The lowest BCUT2D eigenvalue weighted by molar-refractivity contribution is 0.0904. The highest BCUT2D eigenvalue weighted by Gasteiger charge is 2.21. The van der Waals surface area contributed by atoms with Crippen LogP contribution in [0.5, 0.6) is 0 Å². The molecule has 0 aliphatic carbocycles. The molecule has 4 rings (SSSR count). The number of nitrogen functional groups attached to an aromatic ring is 1.